The highest BCUT2D eigenvalue weighted by Crippen LogP contribution is 2.34. The van der Waals surface area contributed by atoms with Crippen LogP contribution in [0.3, 0.4) is 0 Å². The van der Waals surface area contributed by atoms with Crippen LogP contribution in [-0.2, 0) is 26.5 Å². The molecular weight excluding hydrogens is 451 g/mol. The second-order valence-electron chi connectivity index (χ2n) is 7.83. The van der Waals surface area contributed by atoms with Crippen molar-refractivity contribution in [1.82, 2.24) is 0 Å². The van der Waals surface area contributed by atoms with E-state index in [4.69, 9.17) is 0 Å². The third-order valence-electron chi connectivity index (χ3n) is 5.60. The van der Waals surface area contributed by atoms with Crippen molar-refractivity contribution in [3.63, 3.8) is 0 Å². The maximum atomic E-state index is 13.2. The van der Waals surface area contributed by atoms with Crippen LogP contribution in [0.2, 0.25) is 0 Å². The molecule has 0 bridgehead atoms. The van der Waals surface area contributed by atoms with Crippen LogP contribution in [0.1, 0.15) is 23.1 Å². The maximum Gasteiger partial charge on any atom is 0.264 e. The maximum absolute atomic E-state index is 13.2. The number of anilines is 2. The average molecular weight is 475 g/mol. The van der Waals surface area contributed by atoms with E-state index in [1.165, 1.54) is 16.4 Å². The summed E-state index contributed by atoms with van der Waals surface area (Å²) < 4.78 is 69.0. The zero-order valence-corrected chi connectivity index (χ0v) is 19.3. The van der Waals surface area contributed by atoms with Crippen molar-refractivity contribution in [3.8, 4) is 0 Å². The van der Waals surface area contributed by atoms with Crippen LogP contribution in [0.15, 0.2) is 70.5 Å². The van der Waals surface area contributed by atoms with Gasteiger partial charge < -0.3 is 0 Å². The van der Waals surface area contributed by atoms with Crippen LogP contribution in [0.25, 0.3) is 0 Å². The van der Waals surface area contributed by atoms with E-state index >= 15 is 0 Å². The molecule has 32 heavy (non-hydrogen) atoms. The largest absolute Gasteiger partial charge is 0.280 e. The van der Waals surface area contributed by atoms with Gasteiger partial charge in [0.15, 0.2) is 0 Å². The van der Waals surface area contributed by atoms with Crippen molar-refractivity contribution in [2.24, 2.45) is 0 Å². The summed E-state index contributed by atoms with van der Waals surface area (Å²) in [6.45, 7) is 4.05. The molecule has 0 aliphatic carbocycles. The number of fused-ring (bicyclic) bond motifs is 1. The second-order valence-corrected chi connectivity index (χ2v) is 11.4. The first-order valence-electron chi connectivity index (χ1n) is 10.1. The van der Waals surface area contributed by atoms with Gasteiger partial charge in [-0.2, -0.15) is 0 Å². The molecule has 0 saturated heterocycles. The minimum atomic E-state index is -3.86. The van der Waals surface area contributed by atoms with E-state index in [9.17, 15) is 21.2 Å². The van der Waals surface area contributed by atoms with Gasteiger partial charge >= 0.3 is 0 Å². The van der Waals surface area contributed by atoms with Crippen molar-refractivity contribution < 1.29 is 21.2 Å². The summed E-state index contributed by atoms with van der Waals surface area (Å²) in [5.41, 5.74) is 3.46. The summed E-state index contributed by atoms with van der Waals surface area (Å²) in [6, 6.07) is 14.5. The summed E-state index contributed by atoms with van der Waals surface area (Å²) in [5.74, 6) is -0.510. The molecule has 0 atom stereocenters. The highest BCUT2D eigenvalue weighted by atomic mass is 32.2. The van der Waals surface area contributed by atoms with Gasteiger partial charge in [0.05, 0.1) is 15.5 Å². The number of hydrogen-bond donors (Lipinski definition) is 1. The molecule has 3 aromatic carbocycles. The molecule has 1 aliphatic rings. The highest BCUT2D eigenvalue weighted by Gasteiger charge is 2.29. The van der Waals surface area contributed by atoms with Crippen LogP contribution < -0.4 is 9.03 Å². The number of nitrogens with one attached hydrogen (secondary N) is 1. The van der Waals surface area contributed by atoms with E-state index in [0.717, 1.165) is 28.8 Å². The number of halogens is 1. The minimum absolute atomic E-state index is 0.00581. The molecule has 9 heteroatoms. The smallest absolute Gasteiger partial charge is 0.264 e. The van der Waals surface area contributed by atoms with E-state index in [1.807, 2.05) is 13.8 Å². The Kier molecular flexibility index (Phi) is 5.72. The van der Waals surface area contributed by atoms with E-state index in [2.05, 4.69) is 4.72 Å². The predicted molar refractivity (Wildman–Crippen MR) is 122 cm³/mol. The summed E-state index contributed by atoms with van der Waals surface area (Å²) in [5, 5.41) is 0. The quantitative estimate of drug-likeness (QED) is 0.595. The van der Waals surface area contributed by atoms with Crippen molar-refractivity contribution in [1.29, 1.82) is 0 Å². The van der Waals surface area contributed by atoms with Crippen LogP contribution in [0.5, 0.6) is 0 Å². The van der Waals surface area contributed by atoms with Gasteiger partial charge in [0.1, 0.15) is 5.82 Å². The monoisotopic (exact) mass is 474 g/mol. The predicted octanol–water partition coefficient (Wildman–Crippen LogP) is 4.38. The van der Waals surface area contributed by atoms with Crippen LogP contribution in [0.4, 0.5) is 15.8 Å². The summed E-state index contributed by atoms with van der Waals surface area (Å²) in [7, 11) is -7.65. The number of nitrogens with zero attached hydrogens (tertiary/aromatic N) is 1. The van der Waals surface area contributed by atoms with E-state index in [0.29, 0.717) is 30.8 Å². The lowest BCUT2D eigenvalue weighted by atomic mass is 10.0. The molecule has 1 aliphatic heterocycles. The summed E-state index contributed by atoms with van der Waals surface area (Å²) in [4.78, 5) is 0.171. The van der Waals surface area contributed by atoms with Gasteiger partial charge in [-0.1, -0.05) is 6.07 Å². The Morgan fingerprint density at radius 1 is 0.844 bits per heavy atom. The Balaban J connectivity index is 1.65. The molecule has 6 nitrogen and oxygen atoms in total. The molecule has 4 rings (SSSR count). The fraction of sp³-hybridized carbons (Fsp3) is 0.217. The van der Waals surface area contributed by atoms with Crippen molar-refractivity contribution in [2.75, 3.05) is 15.6 Å². The third kappa shape index (κ3) is 4.22. The molecule has 1 heterocycles. The van der Waals surface area contributed by atoms with Crippen LogP contribution >= 0.6 is 0 Å². The van der Waals surface area contributed by atoms with Gasteiger partial charge in [-0.05, 0) is 98.0 Å². The zero-order chi connectivity index (χ0) is 23.1. The molecular formula is C23H23FN2O4S2. The molecule has 0 radical (unpaired) electrons. The molecule has 3 aromatic rings. The zero-order valence-electron chi connectivity index (χ0n) is 17.7. The van der Waals surface area contributed by atoms with Gasteiger partial charge in [-0.15, -0.1) is 0 Å². The Morgan fingerprint density at radius 3 is 2.22 bits per heavy atom. The SMILES string of the molecule is Cc1ccc(S(=O)(=O)Nc2ccc3c(c2)CCCN3S(=O)(=O)c2ccc(F)cc2)cc1C. The number of sulfonamides is 2. The molecule has 0 aromatic heterocycles. The van der Waals surface area contributed by atoms with Gasteiger partial charge in [0.2, 0.25) is 0 Å². The minimum Gasteiger partial charge on any atom is -0.280 e. The Hall–Kier alpha value is -2.91. The first kappa shape index (κ1) is 22.3. The normalized spacial score (nSPS) is 14.2. The van der Waals surface area contributed by atoms with Gasteiger partial charge in [0.25, 0.3) is 20.0 Å². The van der Waals surface area contributed by atoms with Crippen LogP contribution in [-0.4, -0.2) is 23.4 Å². The van der Waals surface area contributed by atoms with E-state index in [-0.39, 0.29) is 9.79 Å². The standard InChI is InChI=1S/C23H23FN2O4S2/c1-16-5-9-22(14-17(16)2)31(27,28)25-20-8-12-23-18(15-20)4-3-13-26(23)32(29,30)21-10-6-19(24)7-11-21/h5-12,14-15,25H,3-4,13H2,1-2H3. The lowest BCUT2D eigenvalue weighted by Gasteiger charge is -2.31. The molecule has 0 saturated carbocycles. The number of hydrogen-bond acceptors (Lipinski definition) is 4. The Morgan fingerprint density at radius 2 is 1.53 bits per heavy atom. The molecule has 1 N–H and O–H groups in total. The van der Waals surface area contributed by atoms with Gasteiger partial charge in [-0.3, -0.25) is 9.03 Å². The first-order valence-corrected chi connectivity index (χ1v) is 13.0. The first-order chi connectivity index (χ1) is 15.1. The van der Waals surface area contributed by atoms with Crippen molar-refractivity contribution >= 4 is 31.4 Å². The second kappa shape index (κ2) is 8.22. The van der Waals surface area contributed by atoms with Crippen molar-refractivity contribution in [3.05, 3.63) is 83.2 Å². The fourth-order valence-corrected chi connectivity index (χ4v) is 6.38. The summed E-state index contributed by atoms with van der Waals surface area (Å²) in [6.07, 6.45) is 1.20. The molecule has 0 amide bonds. The average Bonchev–Trinajstić information content (AvgIpc) is 2.75. The summed E-state index contributed by atoms with van der Waals surface area (Å²) >= 11 is 0. The fourth-order valence-electron chi connectivity index (χ4n) is 3.70. The molecule has 0 spiro atoms. The Labute approximate surface area is 187 Å². The number of aryl methyl sites for hydroxylation is 3. The third-order valence-corrected chi connectivity index (χ3v) is 8.80. The van der Waals surface area contributed by atoms with Crippen molar-refractivity contribution in [2.45, 2.75) is 36.5 Å². The topological polar surface area (TPSA) is 83.6 Å². The van der Waals surface area contributed by atoms with Gasteiger partial charge in [-0.25, -0.2) is 21.2 Å². The van der Waals surface area contributed by atoms with Gasteiger partial charge in [0, 0.05) is 12.2 Å². The molecule has 0 unspecified atom stereocenters. The van der Waals surface area contributed by atoms with E-state index in [1.54, 1.807) is 36.4 Å². The molecule has 168 valence electrons. The highest BCUT2D eigenvalue weighted by molar-refractivity contribution is 7.93. The number of benzene rings is 3. The van der Waals surface area contributed by atoms with Crippen LogP contribution in [0, 0.1) is 19.7 Å². The van der Waals surface area contributed by atoms with E-state index < -0.39 is 25.9 Å². The Bertz CT molecular complexity index is 1390. The number of rotatable bonds is 5. The molecule has 0 fully saturated rings. The lowest BCUT2D eigenvalue weighted by molar-refractivity contribution is 0.585. The lowest BCUT2D eigenvalue weighted by Crippen LogP contribution is -2.35.